The molecule has 92 valence electrons. The summed E-state index contributed by atoms with van der Waals surface area (Å²) < 4.78 is 0. The molecule has 1 aromatic rings. The van der Waals surface area contributed by atoms with Crippen molar-refractivity contribution in [3.8, 4) is 0 Å². The molecule has 0 radical (unpaired) electrons. The fourth-order valence-corrected chi connectivity index (χ4v) is 1.86. The number of carbonyl (C=O) groups excluding carboxylic acids is 1. The van der Waals surface area contributed by atoms with Crippen molar-refractivity contribution in [2.75, 3.05) is 5.32 Å². The number of carboxylic acid groups (broad SMARTS) is 1. The number of carboxylic acids is 1. The average Bonchev–Trinajstić information content (AvgIpc) is 2.55. The number of anilines is 1. The van der Waals surface area contributed by atoms with Crippen molar-refractivity contribution >= 4 is 28.3 Å². The number of hydrogen-bond donors (Lipinski definition) is 2. The van der Waals surface area contributed by atoms with E-state index in [2.05, 4.69) is 10.3 Å². The molecule has 0 unspecified atom stereocenters. The number of rotatable bonds is 3. The first kappa shape index (κ1) is 13.4. The van der Waals surface area contributed by atoms with Gasteiger partial charge in [-0.05, 0) is 27.7 Å². The maximum atomic E-state index is 11.7. The third kappa shape index (κ3) is 3.13. The van der Waals surface area contributed by atoms with E-state index in [4.69, 9.17) is 5.11 Å². The van der Waals surface area contributed by atoms with Gasteiger partial charge in [-0.25, -0.2) is 9.78 Å². The van der Waals surface area contributed by atoms with E-state index < -0.39 is 11.9 Å². The third-order valence-electron chi connectivity index (χ3n) is 2.47. The van der Waals surface area contributed by atoms with Crippen LogP contribution < -0.4 is 5.32 Å². The number of carbonyl (C=O) groups is 2. The minimum atomic E-state index is -1.09. The summed E-state index contributed by atoms with van der Waals surface area (Å²) in [4.78, 5) is 27.6. The van der Waals surface area contributed by atoms with Gasteiger partial charge in [0.1, 0.15) is 0 Å². The number of nitrogens with one attached hydrogen (secondary N) is 1. The largest absolute Gasteiger partial charge is 0.478 e. The van der Waals surface area contributed by atoms with Crippen molar-refractivity contribution in [1.29, 1.82) is 0 Å². The van der Waals surface area contributed by atoms with E-state index in [-0.39, 0.29) is 11.1 Å². The number of nitrogens with zero attached hydrogens (tertiary/aromatic N) is 1. The maximum Gasteiger partial charge on any atom is 0.331 e. The molecule has 1 aromatic heterocycles. The number of aromatic nitrogens is 1. The van der Waals surface area contributed by atoms with Crippen molar-refractivity contribution in [2.24, 2.45) is 0 Å². The van der Waals surface area contributed by atoms with Gasteiger partial charge in [-0.2, -0.15) is 0 Å². The quantitative estimate of drug-likeness (QED) is 0.810. The van der Waals surface area contributed by atoms with E-state index in [0.29, 0.717) is 5.13 Å². The first-order chi connectivity index (χ1) is 7.82. The minimum Gasteiger partial charge on any atom is -0.478 e. The standard InChI is InChI=1S/C11H14N2O3S/c1-5(6(2)10(15)16)9(14)13-11-12-7(3)8(4)17-11/h1-4H3,(H,15,16)(H,12,13,14)/b6-5-. The van der Waals surface area contributed by atoms with Gasteiger partial charge in [-0.15, -0.1) is 11.3 Å². The van der Waals surface area contributed by atoms with Crippen LogP contribution in [0.2, 0.25) is 0 Å². The molecule has 17 heavy (non-hydrogen) atoms. The summed E-state index contributed by atoms with van der Waals surface area (Å²) >= 11 is 1.37. The van der Waals surface area contributed by atoms with Crippen LogP contribution in [-0.2, 0) is 9.59 Å². The Balaban J connectivity index is 2.87. The molecule has 1 rings (SSSR count). The lowest BCUT2D eigenvalue weighted by Gasteiger charge is -2.03. The van der Waals surface area contributed by atoms with E-state index >= 15 is 0 Å². The van der Waals surface area contributed by atoms with Crippen LogP contribution in [0.4, 0.5) is 5.13 Å². The minimum absolute atomic E-state index is 0.0347. The number of aryl methyl sites for hydroxylation is 2. The summed E-state index contributed by atoms with van der Waals surface area (Å²) in [5.41, 5.74) is 1.08. The van der Waals surface area contributed by atoms with E-state index in [9.17, 15) is 9.59 Å². The number of amides is 1. The summed E-state index contributed by atoms with van der Waals surface area (Å²) in [5, 5.41) is 11.8. The number of hydrogen-bond acceptors (Lipinski definition) is 4. The van der Waals surface area contributed by atoms with Crippen molar-refractivity contribution in [3.63, 3.8) is 0 Å². The zero-order valence-corrected chi connectivity index (χ0v) is 10.9. The number of aliphatic carboxylic acids is 1. The summed E-state index contributed by atoms with van der Waals surface area (Å²) in [6, 6.07) is 0. The van der Waals surface area contributed by atoms with Crippen LogP contribution in [0.3, 0.4) is 0 Å². The lowest BCUT2D eigenvalue weighted by molar-refractivity contribution is -0.133. The third-order valence-corrected chi connectivity index (χ3v) is 3.46. The molecule has 0 saturated carbocycles. The Hall–Kier alpha value is -1.69. The Kier molecular flexibility index (Phi) is 4.01. The Morgan fingerprint density at radius 1 is 1.24 bits per heavy atom. The van der Waals surface area contributed by atoms with Crippen LogP contribution in [0.5, 0.6) is 0 Å². The lowest BCUT2D eigenvalue weighted by atomic mass is 10.1. The van der Waals surface area contributed by atoms with E-state index in [0.717, 1.165) is 10.6 Å². The summed E-state index contributed by atoms with van der Waals surface area (Å²) in [6.07, 6.45) is 0. The molecule has 2 N–H and O–H groups in total. The van der Waals surface area contributed by atoms with Gasteiger partial charge in [0.05, 0.1) is 5.69 Å². The topological polar surface area (TPSA) is 79.3 Å². The maximum absolute atomic E-state index is 11.7. The van der Waals surface area contributed by atoms with Crippen LogP contribution in [0, 0.1) is 13.8 Å². The van der Waals surface area contributed by atoms with Gasteiger partial charge in [0, 0.05) is 16.0 Å². The van der Waals surface area contributed by atoms with Crippen molar-refractivity contribution in [1.82, 2.24) is 4.98 Å². The van der Waals surface area contributed by atoms with E-state index in [1.807, 2.05) is 13.8 Å². The second-order valence-corrected chi connectivity index (χ2v) is 4.87. The van der Waals surface area contributed by atoms with Crippen LogP contribution >= 0.6 is 11.3 Å². The van der Waals surface area contributed by atoms with Crippen LogP contribution in [0.25, 0.3) is 0 Å². The van der Waals surface area contributed by atoms with Crippen LogP contribution in [-0.4, -0.2) is 22.0 Å². The molecule has 6 heteroatoms. The first-order valence-corrected chi connectivity index (χ1v) is 5.80. The molecule has 1 heterocycles. The molecule has 0 aliphatic carbocycles. The van der Waals surface area contributed by atoms with E-state index in [1.54, 1.807) is 0 Å². The normalized spacial score (nSPS) is 12.0. The summed E-state index contributed by atoms with van der Waals surface area (Å²) in [5.74, 6) is -1.53. The second kappa shape index (κ2) is 5.09. The van der Waals surface area contributed by atoms with Gasteiger partial charge >= 0.3 is 5.97 Å². The molecule has 0 aliphatic rings. The monoisotopic (exact) mass is 254 g/mol. The number of thiazole rings is 1. The van der Waals surface area contributed by atoms with Crippen LogP contribution in [0.15, 0.2) is 11.1 Å². The predicted octanol–water partition coefficient (Wildman–Crippen LogP) is 2.12. The van der Waals surface area contributed by atoms with Crippen molar-refractivity contribution < 1.29 is 14.7 Å². The smallest absolute Gasteiger partial charge is 0.331 e. The fraction of sp³-hybridized carbons (Fsp3) is 0.364. The highest BCUT2D eigenvalue weighted by Gasteiger charge is 2.14. The molecular weight excluding hydrogens is 240 g/mol. The summed E-state index contributed by atoms with van der Waals surface area (Å²) in [6.45, 7) is 6.64. The first-order valence-electron chi connectivity index (χ1n) is 4.99. The highest BCUT2D eigenvalue weighted by Crippen LogP contribution is 2.21. The molecule has 0 saturated heterocycles. The lowest BCUT2D eigenvalue weighted by Crippen LogP contribution is -2.16. The van der Waals surface area contributed by atoms with E-state index in [1.165, 1.54) is 25.2 Å². The van der Waals surface area contributed by atoms with Gasteiger partial charge in [-0.1, -0.05) is 0 Å². The van der Waals surface area contributed by atoms with Crippen molar-refractivity contribution in [3.05, 3.63) is 21.7 Å². The van der Waals surface area contributed by atoms with Gasteiger partial charge in [0.15, 0.2) is 5.13 Å². The molecule has 0 spiro atoms. The molecule has 0 atom stereocenters. The summed E-state index contributed by atoms with van der Waals surface area (Å²) in [7, 11) is 0. The molecule has 0 fully saturated rings. The van der Waals surface area contributed by atoms with Crippen LogP contribution in [0.1, 0.15) is 24.4 Å². The fourth-order valence-electron chi connectivity index (χ4n) is 1.05. The Morgan fingerprint density at radius 3 is 2.24 bits per heavy atom. The average molecular weight is 254 g/mol. The zero-order chi connectivity index (χ0) is 13.2. The Morgan fingerprint density at radius 2 is 1.82 bits per heavy atom. The second-order valence-electron chi connectivity index (χ2n) is 3.67. The molecule has 0 bridgehead atoms. The van der Waals surface area contributed by atoms with Crippen molar-refractivity contribution in [2.45, 2.75) is 27.7 Å². The van der Waals surface area contributed by atoms with Gasteiger partial charge in [-0.3, -0.25) is 10.1 Å². The highest BCUT2D eigenvalue weighted by atomic mass is 32.1. The van der Waals surface area contributed by atoms with Gasteiger partial charge < -0.3 is 5.11 Å². The highest BCUT2D eigenvalue weighted by molar-refractivity contribution is 7.15. The molecule has 0 aromatic carbocycles. The molecular formula is C11H14N2O3S. The van der Waals surface area contributed by atoms with Gasteiger partial charge in [0.2, 0.25) is 0 Å². The predicted molar refractivity (Wildman–Crippen MR) is 66.2 cm³/mol. The van der Waals surface area contributed by atoms with Gasteiger partial charge in [0.25, 0.3) is 5.91 Å². The molecule has 0 aliphatic heterocycles. The zero-order valence-electron chi connectivity index (χ0n) is 10.1. The molecule has 1 amide bonds. The Labute approximate surface area is 103 Å². The Bertz CT molecular complexity index is 483. The molecule has 5 nitrogen and oxygen atoms in total. The SMILES string of the molecule is C/C(C(=O)O)=C(\C)C(=O)Nc1nc(C)c(C)s1.